The molecule has 1 amide bonds. The van der Waals surface area contributed by atoms with E-state index in [1.165, 1.54) is 12.1 Å². The molecular weight excluding hydrogens is 259 g/mol. The molecule has 0 aliphatic carbocycles. The topological polar surface area (TPSA) is 32.8 Å². The van der Waals surface area contributed by atoms with Crippen LogP contribution in [0.15, 0.2) is 24.3 Å². The van der Waals surface area contributed by atoms with E-state index in [2.05, 4.69) is 0 Å². The van der Waals surface area contributed by atoms with E-state index >= 15 is 0 Å². The van der Waals surface area contributed by atoms with Gasteiger partial charge in [0.05, 0.1) is 13.0 Å². The Morgan fingerprint density at radius 1 is 1.30 bits per heavy atom. The van der Waals surface area contributed by atoms with Crippen molar-refractivity contribution in [1.29, 1.82) is 0 Å². The van der Waals surface area contributed by atoms with Crippen LogP contribution < -0.4 is 0 Å². The van der Waals surface area contributed by atoms with Gasteiger partial charge in [-0.1, -0.05) is 12.1 Å². The number of nitrogens with zero attached hydrogens (tertiary/aromatic N) is 2. The Balaban J connectivity index is 2.68. The van der Waals surface area contributed by atoms with Crippen molar-refractivity contribution in [3.05, 3.63) is 35.6 Å². The molecule has 1 aromatic carbocycles. The lowest BCUT2D eigenvalue weighted by Crippen LogP contribution is -2.36. The molecule has 1 aromatic rings. The molecule has 0 spiro atoms. The van der Waals surface area contributed by atoms with Crippen LogP contribution in [0.2, 0.25) is 0 Å². The van der Waals surface area contributed by atoms with E-state index in [4.69, 9.17) is 4.74 Å². The van der Waals surface area contributed by atoms with Crippen LogP contribution >= 0.6 is 0 Å². The molecule has 0 aliphatic heterocycles. The van der Waals surface area contributed by atoms with Gasteiger partial charge in [0, 0.05) is 26.7 Å². The molecule has 0 atom stereocenters. The van der Waals surface area contributed by atoms with Crippen LogP contribution in [0.25, 0.3) is 0 Å². The monoisotopic (exact) mass is 282 g/mol. The molecule has 0 aromatic heterocycles. The van der Waals surface area contributed by atoms with Gasteiger partial charge in [0.15, 0.2) is 0 Å². The zero-order valence-electron chi connectivity index (χ0n) is 12.4. The molecule has 0 radical (unpaired) electrons. The Hall–Kier alpha value is -1.46. The van der Waals surface area contributed by atoms with Crippen molar-refractivity contribution in [2.75, 3.05) is 40.9 Å². The zero-order valence-corrected chi connectivity index (χ0v) is 12.4. The second kappa shape index (κ2) is 8.66. The maximum absolute atomic E-state index is 13.2. The quantitative estimate of drug-likeness (QED) is 0.728. The number of carbonyl (C=O) groups excluding carboxylic acids is 1. The normalized spacial score (nSPS) is 10.8. The summed E-state index contributed by atoms with van der Waals surface area (Å²) in [6, 6.07) is 6.36. The summed E-state index contributed by atoms with van der Waals surface area (Å²) in [6.07, 6.45) is 0.346. The SMILES string of the molecule is COCCC(=O)N(CCN(C)C)Cc1cccc(F)c1. The first-order chi connectivity index (χ1) is 9.52. The Morgan fingerprint density at radius 3 is 2.65 bits per heavy atom. The van der Waals surface area contributed by atoms with E-state index < -0.39 is 0 Å². The molecule has 1 rings (SSSR count). The summed E-state index contributed by atoms with van der Waals surface area (Å²) in [6.45, 7) is 2.22. The molecule has 0 aliphatic rings. The fraction of sp³-hybridized carbons (Fsp3) is 0.533. The molecule has 112 valence electrons. The van der Waals surface area contributed by atoms with Crippen molar-refractivity contribution >= 4 is 5.91 Å². The van der Waals surface area contributed by atoms with Crippen LogP contribution in [0.4, 0.5) is 4.39 Å². The van der Waals surface area contributed by atoms with Gasteiger partial charge in [-0.15, -0.1) is 0 Å². The van der Waals surface area contributed by atoms with Crippen molar-refractivity contribution in [1.82, 2.24) is 9.80 Å². The molecule has 0 N–H and O–H groups in total. The Kier molecular flexibility index (Phi) is 7.18. The summed E-state index contributed by atoms with van der Waals surface area (Å²) >= 11 is 0. The number of amides is 1. The highest BCUT2D eigenvalue weighted by Gasteiger charge is 2.14. The number of methoxy groups -OCH3 is 1. The first kappa shape index (κ1) is 16.6. The molecular formula is C15H23FN2O2. The molecule has 0 fully saturated rings. The smallest absolute Gasteiger partial charge is 0.225 e. The number of rotatable bonds is 8. The number of likely N-dealkylation sites (N-methyl/N-ethyl adjacent to an activating group) is 1. The summed E-state index contributed by atoms with van der Waals surface area (Å²) in [5, 5.41) is 0. The van der Waals surface area contributed by atoms with Crippen LogP contribution in [-0.4, -0.2) is 56.6 Å². The zero-order chi connectivity index (χ0) is 15.0. The number of ether oxygens (including phenoxy) is 1. The average molecular weight is 282 g/mol. The van der Waals surface area contributed by atoms with Crippen LogP contribution in [0.5, 0.6) is 0 Å². The summed E-state index contributed by atoms with van der Waals surface area (Å²) in [4.78, 5) is 15.9. The van der Waals surface area contributed by atoms with Gasteiger partial charge in [0.2, 0.25) is 5.91 Å². The van der Waals surface area contributed by atoms with Gasteiger partial charge < -0.3 is 14.5 Å². The number of halogens is 1. The lowest BCUT2D eigenvalue weighted by molar-refractivity contribution is -0.132. The molecule has 0 bridgehead atoms. The van der Waals surface area contributed by atoms with Crippen molar-refractivity contribution in [3.8, 4) is 0 Å². The molecule has 0 unspecified atom stereocenters. The van der Waals surface area contributed by atoms with Gasteiger partial charge in [0.1, 0.15) is 5.82 Å². The van der Waals surface area contributed by atoms with E-state index in [-0.39, 0.29) is 11.7 Å². The number of hydrogen-bond donors (Lipinski definition) is 0. The minimum atomic E-state index is -0.278. The van der Waals surface area contributed by atoms with Gasteiger partial charge in [-0.3, -0.25) is 4.79 Å². The van der Waals surface area contributed by atoms with E-state index in [1.807, 2.05) is 25.1 Å². The maximum Gasteiger partial charge on any atom is 0.225 e. The number of benzene rings is 1. The van der Waals surface area contributed by atoms with Gasteiger partial charge in [0.25, 0.3) is 0 Å². The Morgan fingerprint density at radius 2 is 2.05 bits per heavy atom. The van der Waals surface area contributed by atoms with Crippen molar-refractivity contribution in [3.63, 3.8) is 0 Å². The minimum Gasteiger partial charge on any atom is -0.384 e. The predicted octanol–water partition coefficient (Wildman–Crippen LogP) is 1.75. The van der Waals surface area contributed by atoms with Gasteiger partial charge in [-0.2, -0.15) is 0 Å². The maximum atomic E-state index is 13.2. The molecule has 0 saturated carbocycles. The number of carbonyl (C=O) groups is 1. The average Bonchev–Trinajstić information content (AvgIpc) is 2.40. The summed E-state index contributed by atoms with van der Waals surface area (Å²) < 4.78 is 18.1. The fourth-order valence-corrected chi connectivity index (χ4v) is 1.82. The van der Waals surface area contributed by atoms with Gasteiger partial charge >= 0.3 is 0 Å². The summed E-state index contributed by atoms with van der Waals surface area (Å²) in [5.74, 6) is -0.252. The first-order valence-electron chi connectivity index (χ1n) is 6.69. The van der Waals surface area contributed by atoms with Crippen LogP contribution in [0, 0.1) is 5.82 Å². The third-order valence-electron chi connectivity index (χ3n) is 2.95. The predicted molar refractivity (Wildman–Crippen MR) is 76.9 cm³/mol. The van der Waals surface area contributed by atoms with Crippen LogP contribution in [-0.2, 0) is 16.1 Å². The second-order valence-electron chi connectivity index (χ2n) is 4.99. The Labute approximate surface area is 120 Å². The second-order valence-corrected chi connectivity index (χ2v) is 4.99. The molecule has 0 heterocycles. The van der Waals surface area contributed by atoms with Crippen molar-refractivity contribution in [2.45, 2.75) is 13.0 Å². The van der Waals surface area contributed by atoms with Crippen molar-refractivity contribution in [2.24, 2.45) is 0 Å². The van der Waals surface area contributed by atoms with Gasteiger partial charge in [-0.25, -0.2) is 4.39 Å². The lowest BCUT2D eigenvalue weighted by Gasteiger charge is -2.24. The van der Waals surface area contributed by atoms with E-state index in [0.717, 1.165) is 12.1 Å². The Bertz CT molecular complexity index is 424. The molecule has 0 saturated heterocycles. The highest BCUT2D eigenvalue weighted by Crippen LogP contribution is 2.08. The van der Waals surface area contributed by atoms with E-state index in [0.29, 0.717) is 26.1 Å². The highest BCUT2D eigenvalue weighted by molar-refractivity contribution is 5.76. The third kappa shape index (κ3) is 6.12. The minimum absolute atomic E-state index is 0.0259. The lowest BCUT2D eigenvalue weighted by atomic mass is 10.2. The first-order valence-corrected chi connectivity index (χ1v) is 6.69. The molecule has 4 nitrogen and oxygen atoms in total. The van der Waals surface area contributed by atoms with E-state index in [9.17, 15) is 9.18 Å². The van der Waals surface area contributed by atoms with Crippen LogP contribution in [0.1, 0.15) is 12.0 Å². The molecule has 5 heteroatoms. The molecule has 20 heavy (non-hydrogen) atoms. The largest absolute Gasteiger partial charge is 0.384 e. The van der Waals surface area contributed by atoms with Crippen molar-refractivity contribution < 1.29 is 13.9 Å². The number of hydrogen-bond acceptors (Lipinski definition) is 3. The summed E-state index contributed by atoms with van der Waals surface area (Å²) in [5.41, 5.74) is 0.800. The highest BCUT2D eigenvalue weighted by atomic mass is 19.1. The van der Waals surface area contributed by atoms with E-state index in [1.54, 1.807) is 18.1 Å². The standard InChI is InChI=1S/C15H23FN2O2/c1-17(2)8-9-18(15(19)7-10-20-3)12-13-5-4-6-14(16)11-13/h4-6,11H,7-10,12H2,1-3H3. The summed E-state index contributed by atoms with van der Waals surface area (Å²) in [7, 11) is 5.49. The third-order valence-corrected chi connectivity index (χ3v) is 2.95. The fourth-order valence-electron chi connectivity index (χ4n) is 1.82. The van der Waals surface area contributed by atoms with Gasteiger partial charge in [-0.05, 0) is 31.8 Å². The van der Waals surface area contributed by atoms with Crippen LogP contribution in [0.3, 0.4) is 0 Å².